The largest absolute Gasteiger partial charge is 0.493 e. The van der Waals surface area contributed by atoms with E-state index in [1.807, 2.05) is 36.4 Å². The average molecular weight is 357 g/mol. The molecule has 0 fully saturated rings. The van der Waals surface area contributed by atoms with E-state index >= 15 is 0 Å². The quantitative estimate of drug-likeness (QED) is 0.668. The number of ether oxygens (including phenoxy) is 2. The lowest BCUT2D eigenvalue weighted by molar-refractivity contribution is -0.123. The smallest absolute Gasteiger partial charge is 0.312 e. The monoisotopic (exact) mass is 357 g/mol. The van der Waals surface area contributed by atoms with Crippen LogP contribution in [0, 0.1) is 0 Å². The minimum absolute atomic E-state index is 0.283. The van der Waals surface area contributed by atoms with Crippen LogP contribution in [0.3, 0.4) is 0 Å². The maximum atomic E-state index is 12.5. The van der Waals surface area contributed by atoms with Crippen LogP contribution in [0.5, 0.6) is 11.5 Å². The van der Waals surface area contributed by atoms with Gasteiger partial charge in [-0.2, -0.15) is 0 Å². The van der Waals surface area contributed by atoms with Crippen molar-refractivity contribution in [3.63, 3.8) is 0 Å². The number of hydrogen-bond acceptors (Lipinski definition) is 4. The van der Waals surface area contributed by atoms with E-state index in [0.717, 1.165) is 11.1 Å². The molecular formula is C19H23N3O4. The first-order valence-corrected chi connectivity index (χ1v) is 8.12. The minimum Gasteiger partial charge on any atom is -0.493 e. The van der Waals surface area contributed by atoms with Crippen LogP contribution in [0.15, 0.2) is 48.5 Å². The summed E-state index contributed by atoms with van der Waals surface area (Å²) >= 11 is 0. The molecule has 7 heteroatoms. The van der Waals surface area contributed by atoms with Gasteiger partial charge in [0.2, 0.25) is 5.91 Å². The zero-order valence-corrected chi connectivity index (χ0v) is 14.8. The highest BCUT2D eigenvalue weighted by Gasteiger charge is 2.20. The summed E-state index contributed by atoms with van der Waals surface area (Å²) in [4.78, 5) is 23.7. The maximum absolute atomic E-state index is 12.5. The molecule has 0 aromatic heterocycles. The van der Waals surface area contributed by atoms with Gasteiger partial charge in [-0.1, -0.05) is 36.4 Å². The second-order valence-corrected chi connectivity index (χ2v) is 5.66. The van der Waals surface area contributed by atoms with Crippen molar-refractivity contribution >= 4 is 11.9 Å². The maximum Gasteiger partial charge on any atom is 0.312 e. The van der Waals surface area contributed by atoms with Crippen LogP contribution in [-0.4, -0.2) is 32.2 Å². The predicted octanol–water partition coefficient (Wildman–Crippen LogP) is 1.60. The number of nitrogens with two attached hydrogens (primary N) is 1. The molecule has 4 N–H and O–H groups in total. The molecule has 0 bridgehead atoms. The normalized spacial score (nSPS) is 11.3. The lowest BCUT2D eigenvalue weighted by Gasteiger charge is -2.18. The summed E-state index contributed by atoms with van der Waals surface area (Å²) < 4.78 is 10.4. The van der Waals surface area contributed by atoms with E-state index in [1.165, 1.54) is 0 Å². The molecule has 1 atom stereocenters. The molecule has 0 saturated carbocycles. The van der Waals surface area contributed by atoms with E-state index in [4.69, 9.17) is 15.2 Å². The first kappa shape index (κ1) is 19.1. The summed E-state index contributed by atoms with van der Waals surface area (Å²) in [5.41, 5.74) is 6.97. The lowest BCUT2D eigenvalue weighted by Crippen LogP contribution is -2.49. The molecule has 0 heterocycles. The van der Waals surface area contributed by atoms with Crippen molar-refractivity contribution < 1.29 is 19.1 Å². The SMILES string of the molecule is COc1ccc(CNC(=O)C(Cc2ccccc2)NC(N)=O)cc1OC. The Bertz CT molecular complexity index is 750. The van der Waals surface area contributed by atoms with Crippen molar-refractivity contribution in [2.24, 2.45) is 5.73 Å². The highest BCUT2D eigenvalue weighted by atomic mass is 16.5. The van der Waals surface area contributed by atoms with Gasteiger partial charge in [-0.15, -0.1) is 0 Å². The van der Waals surface area contributed by atoms with Gasteiger partial charge in [-0.3, -0.25) is 4.79 Å². The first-order chi connectivity index (χ1) is 12.5. The molecular weight excluding hydrogens is 334 g/mol. The van der Waals surface area contributed by atoms with Gasteiger partial charge in [0.1, 0.15) is 6.04 Å². The fraction of sp³-hybridized carbons (Fsp3) is 0.263. The van der Waals surface area contributed by atoms with Crippen LogP contribution < -0.4 is 25.8 Å². The molecule has 0 saturated heterocycles. The zero-order valence-electron chi connectivity index (χ0n) is 14.8. The van der Waals surface area contributed by atoms with Gasteiger partial charge in [-0.25, -0.2) is 4.79 Å². The van der Waals surface area contributed by atoms with Gasteiger partial charge in [0.15, 0.2) is 11.5 Å². The van der Waals surface area contributed by atoms with Crippen LogP contribution in [0.1, 0.15) is 11.1 Å². The first-order valence-electron chi connectivity index (χ1n) is 8.12. The van der Waals surface area contributed by atoms with E-state index in [-0.39, 0.29) is 12.5 Å². The molecule has 138 valence electrons. The van der Waals surface area contributed by atoms with Crippen LogP contribution >= 0.6 is 0 Å². The Balaban J connectivity index is 2.03. The van der Waals surface area contributed by atoms with Crippen molar-refractivity contribution in [3.8, 4) is 11.5 Å². The van der Waals surface area contributed by atoms with E-state index in [2.05, 4.69) is 10.6 Å². The molecule has 0 aliphatic heterocycles. The van der Waals surface area contributed by atoms with E-state index in [9.17, 15) is 9.59 Å². The van der Waals surface area contributed by atoms with Crippen LogP contribution in [0.25, 0.3) is 0 Å². The Labute approximate surface area is 152 Å². The number of hydrogen-bond donors (Lipinski definition) is 3. The average Bonchev–Trinajstić information content (AvgIpc) is 2.65. The Kier molecular flexibility index (Phi) is 6.84. The summed E-state index contributed by atoms with van der Waals surface area (Å²) in [6.07, 6.45) is 0.349. The molecule has 2 aromatic rings. The molecule has 2 aromatic carbocycles. The fourth-order valence-electron chi connectivity index (χ4n) is 2.53. The van der Waals surface area contributed by atoms with Gasteiger partial charge in [-0.05, 0) is 23.3 Å². The van der Waals surface area contributed by atoms with Crippen LogP contribution in [0.4, 0.5) is 4.79 Å². The highest BCUT2D eigenvalue weighted by molar-refractivity contribution is 5.86. The Morgan fingerprint density at radius 1 is 1.00 bits per heavy atom. The van der Waals surface area contributed by atoms with Crippen LogP contribution in [0.2, 0.25) is 0 Å². The number of benzene rings is 2. The molecule has 0 aliphatic rings. The molecule has 0 spiro atoms. The topological polar surface area (TPSA) is 103 Å². The van der Waals surface area contributed by atoms with E-state index in [0.29, 0.717) is 17.9 Å². The number of methoxy groups -OCH3 is 2. The van der Waals surface area contributed by atoms with Gasteiger partial charge in [0, 0.05) is 13.0 Å². The predicted molar refractivity (Wildman–Crippen MR) is 98.0 cm³/mol. The zero-order chi connectivity index (χ0) is 18.9. The Morgan fingerprint density at radius 3 is 2.31 bits per heavy atom. The van der Waals surface area contributed by atoms with Crippen molar-refractivity contribution in [2.45, 2.75) is 19.0 Å². The third-order valence-corrected chi connectivity index (χ3v) is 3.83. The summed E-state index contributed by atoms with van der Waals surface area (Å²) in [6, 6.07) is 13.3. The molecule has 2 rings (SSSR count). The van der Waals surface area contributed by atoms with Gasteiger partial charge in [0.25, 0.3) is 0 Å². The van der Waals surface area contributed by atoms with Gasteiger partial charge in [0.05, 0.1) is 14.2 Å². The summed E-state index contributed by atoms with van der Waals surface area (Å²) in [6.45, 7) is 0.283. The number of rotatable bonds is 8. The number of nitrogens with one attached hydrogen (secondary N) is 2. The molecule has 0 radical (unpaired) electrons. The second-order valence-electron chi connectivity index (χ2n) is 5.66. The highest BCUT2D eigenvalue weighted by Crippen LogP contribution is 2.27. The van der Waals surface area contributed by atoms with Crippen molar-refractivity contribution in [2.75, 3.05) is 14.2 Å². The van der Waals surface area contributed by atoms with E-state index < -0.39 is 12.1 Å². The van der Waals surface area contributed by atoms with Crippen molar-refractivity contribution in [1.82, 2.24) is 10.6 Å². The Morgan fingerprint density at radius 2 is 1.69 bits per heavy atom. The summed E-state index contributed by atoms with van der Waals surface area (Å²) in [5.74, 6) is 0.873. The molecule has 0 aliphatic carbocycles. The Hall–Kier alpha value is -3.22. The standard InChI is InChI=1S/C19H23N3O4/c1-25-16-9-8-14(11-17(16)26-2)12-21-18(23)15(22-19(20)24)10-13-6-4-3-5-7-13/h3-9,11,15H,10,12H2,1-2H3,(H,21,23)(H3,20,22,24). The van der Waals surface area contributed by atoms with Crippen molar-refractivity contribution in [3.05, 3.63) is 59.7 Å². The number of primary amides is 1. The number of amides is 3. The number of carbonyl (C=O) groups is 2. The molecule has 3 amide bonds. The number of carbonyl (C=O) groups excluding carboxylic acids is 2. The molecule has 7 nitrogen and oxygen atoms in total. The third kappa shape index (κ3) is 5.41. The second kappa shape index (κ2) is 9.31. The fourth-order valence-corrected chi connectivity index (χ4v) is 2.53. The van der Waals surface area contributed by atoms with Crippen LogP contribution in [-0.2, 0) is 17.8 Å². The molecule has 26 heavy (non-hydrogen) atoms. The van der Waals surface area contributed by atoms with Crippen molar-refractivity contribution in [1.29, 1.82) is 0 Å². The van der Waals surface area contributed by atoms with Gasteiger partial charge < -0.3 is 25.8 Å². The van der Waals surface area contributed by atoms with Gasteiger partial charge >= 0.3 is 6.03 Å². The lowest BCUT2D eigenvalue weighted by atomic mass is 10.1. The summed E-state index contributed by atoms with van der Waals surface area (Å²) in [5, 5.41) is 5.30. The summed E-state index contributed by atoms with van der Waals surface area (Å²) in [7, 11) is 3.11. The van der Waals surface area contributed by atoms with E-state index in [1.54, 1.807) is 26.4 Å². The minimum atomic E-state index is -0.755. The number of urea groups is 1. The molecule has 1 unspecified atom stereocenters. The third-order valence-electron chi connectivity index (χ3n) is 3.83.